The van der Waals surface area contributed by atoms with E-state index in [0.717, 1.165) is 0 Å². The third kappa shape index (κ3) is 6.31. The van der Waals surface area contributed by atoms with Crippen LogP contribution in [-0.2, 0) is 32.1 Å². The summed E-state index contributed by atoms with van der Waals surface area (Å²) in [4.78, 5) is 11.9. The summed E-state index contributed by atoms with van der Waals surface area (Å²) < 4.78 is 29.5. The smallest absolute Gasteiger partial charge is 0.789 e. The quantitative estimate of drug-likeness (QED) is 0.443. The first kappa shape index (κ1) is 20.3. The Labute approximate surface area is 162 Å². The largest absolute Gasteiger partial charge is 1.00 e. The van der Waals surface area contributed by atoms with Gasteiger partial charge < -0.3 is 9.42 Å². The van der Waals surface area contributed by atoms with Crippen molar-refractivity contribution in [1.82, 2.24) is 4.08 Å². The van der Waals surface area contributed by atoms with E-state index >= 15 is 0 Å². The molecular formula is C10H15KNO4PS2. The second kappa shape index (κ2) is 8.70. The number of nitrogens with zero attached hydrogens (tertiary/aromatic N) is 1. The second-order valence-corrected chi connectivity index (χ2v) is 9.01. The van der Waals surface area contributed by atoms with E-state index in [4.69, 9.17) is 16.3 Å². The molecule has 0 saturated carbocycles. The molecule has 0 heterocycles. The maximum atomic E-state index is 12.0. The van der Waals surface area contributed by atoms with Crippen LogP contribution in [0.4, 0.5) is 0 Å². The summed E-state index contributed by atoms with van der Waals surface area (Å²) in [6.07, 6.45) is 0. The number of hydrogen-bond acceptors (Lipinski definition) is 5. The summed E-state index contributed by atoms with van der Waals surface area (Å²) in [6, 6.07) is 8.63. The Hall–Kier alpha value is 1.34. The summed E-state index contributed by atoms with van der Waals surface area (Å²) in [5.41, 5.74) is 0.607. The average Bonchev–Trinajstić information content (AvgIpc) is 2.28. The van der Waals surface area contributed by atoms with Crippen LogP contribution in [0.25, 0.3) is 0 Å². The molecule has 0 saturated heterocycles. The topological polar surface area (TPSA) is 69.7 Å². The van der Waals surface area contributed by atoms with Crippen molar-refractivity contribution in [3.8, 4) is 0 Å². The summed E-state index contributed by atoms with van der Waals surface area (Å²) in [5.74, 6) is -0.252. The molecule has 0 N–H and O–H groups in total. The van der Waals surface area contributed by atoms with Gasteiger partial charge in [0.1, 0.15) is 0 Å². The van der Waals surface area contributed by atoms with Gasteiger partial charge in [-0.05, 0) is 12.5 Å². The van der Waals surface area contributed by atoms with Crippen molar-refractivity contribution in [3.05, 3.63) is 35.9 Å². The van der Waals surface area contributed by atoms with Gasteiger partial charge in [0.05, 0.1) is 12.4 Å². The SMILES string of the molecule is CCOP([O-])(=S)N(C)S(=O)(=O)Cc1ccccc1.[K+]. The van der Waals surface area contributed by atoms with Crippen LogP contribution in [0.2, 0.25) is 0 Å². The van der Waals surface area contributed by atoms with Crippen LogP contribution in [0.1, 0.15) is 12.5 Å². The minimum absolute atomic E-state index is 0. The third-order valence-corrected chi connectivity index (χ3v) is 7.76. The second-order valence-electron chi connectivity index (χ2n) is 3.56. The fraction of sp³-hybridized carbons (Fsp3) is 0.400. The van der Waals surface area contributed by atoms with E-state index in [1.807, 2.05) is 0 Å². The van der Waals surface area contributed by atoms with Crippen molar-refractivity contribution < 1.29 is 69.2 Å². The Morgan fingerprint density at radius 3 is 2.37 bits per heavy atom. The van der Waals surface area contributed by atoms with Crippen molar-refractivity contribution in [2.75, 3.05) is 13.7 Å². The number of hydrogen-bond donors (Lipinski definition) is 0. The van der Waals surface area contributed by atoms with Gasteiger partial charge in [0.15, 0.2) is 0 Å². The van der Waals surface area contributed by atoms with E-state index in [2.05, 4.69) is 0 Å². The molecule has 5 nitrogen and oxygen atoms in total. The van der Waals surface area contributed by atoms with Gasteiger partial charge in [-0.15, -0.1) is 0 Å². The van der Waals surface area contributed by atoms with Gasteiger partial charge in [-0.25, -0.2) is 8.42 Å². The van der Waals surface area contributed by atoms with E-state index in [-0.39, 0.29) is 63.7 Å². The molecule has 1 unspecified atom stereocenters. The van der Waals surface area contributed by atoms with Crippen LogP contribution in [0, 0.1) is 0 Å². The van der Waals surface area contributed by atoms with Gasteiger partial charge >= 0.3 is 51.4 Å². The van der Waals surface area contributed by atoms with Crippen molar-refractivity contribution in [3.63, 3.8) is 0 Å². The van der Waals surface area contributed by atoms with Gasteiger partial charge in [0, 0.05) is 13.7 Å². The van der Waals surface area contributed by atoms with Crippen LogP contribution in [0.15, 0.2) is 30.3 Å². The minimum Gasteiger partial charge on any atom is -0.789 e. The molecule has 0 radical (unpaired) electrons. The van der Waals surface area contributed by atoms with Gasteiger partial charge in [0.25, 0.3) is 0 Å². The Kier molecular flexibility index (Phi) is 9.31. The molecule has 1 aromatic carbocycles. The Morgan fingerprint density at radius 2 is 1.89 bits per heavy atom. The first-order chi connectivity index (χ1) is 8.29. The molecule has 19 heavy (non-hydrogen) atoms. The minimum atomic E-state index is -3.75. The van der Waals surface area contributed by atoms with Crippen LogP contribution >= 0.6 is 6.64 Å². The van der Waals surface area contributed by atoms with Crippen LogP contribution in [0.3, 0.4) is 0 Å². The van der Waals surface area contributed by atoms with Gasteiger partial charge in [0.2, 0.25) is 10.0 Å². The Balaban J connectivity index is 0.00000324. The molecule has 0 bridgehead atoms. The molecule has 0 aliphatic carbocycles. The predicted octanol–water partition coefficient (Wildman–Crippen LogP) is -1.93. The van der Waals surface area contributed by atoms with Crippen LogP contribution in [0.5, 0.6) is 0 Å². The van der Waals surface area contributed by atoms with E-state index in [9.17, 15) is 13.3 Å². The fourth-order valence-corrected chi connectivity index (χ4v) is 5.33. The zero-order valence-electron chi connectivity index (χ0n) is 11.1. The molecule has 0 amide bonds. The van der Waals surface area contributed by atoms with Crippen LogP contribution < -0.4 is 56.3 Å². The summed E-state index contributed by atoms with van der Waals surface area (Å²) in [5, 5.41) is 0. The first-order valence-corrected chi connectivity index (χ1v) is 9.46. The molecule has 0 spiro atoms. The molecule has 0 fully saturated rings. The fourth-order valence-electron chi connectivity index (χ4n) is 1.28. The normalized spacial score (nSPS) is 14.7. The molecular weight excluding hydrogens is 332 g/mol. The molecule has 9 heteroatoms. The number of sulfonamides is 1. The first-order valence-electron chi connectivity index (χ1n) is 5.26. The van der Waals surface area contributed by atoms with Gasteiger partial charge in [-0.1, -0.05) is 42.1 Å². The predicted molar refractivity (Wildman–Crippen MR) is 72.7 cm³/mol. The number of benzene rings is 1. The Morgan fingerprint density at radius 1 is 1.37 bits per heavy atom. The number of rotatable bonds is 6. The van der Waals surface area contributed by atoms with Crippen molar-refractivity contribution in [1.29, 1.82) is 0 Å². The average molecular weight is 347 g/mol. The molecule has 0 aliphatic heterocycles. The zero-order chi connectivity index (χ0) is 13.8. The molecule has 0 aromatic heterocycles. The molecule has 0 aliphatic rings. The molecule has 1 rings (SSSR count). The van der Waals surface area contributed by atoms with Crippen molar-refractivity contribution >= 4 is 28.5 Å². The maximum absolute atomic E-state index is 12.0. The van der Waals surface area contributed by atoms with E-state index < -0.39 is 16.7 Å². The summed E-state index contributed by atoms with van der Waals surface area (Å²) in [6.45, 7) is -2.00. The Bertz CT molecular complexity index is 538. The van der Waals surface area contributed by atoms with Gasteiger partial charge in [-0.3, -0.25) is 0 Å². The van der Waals surface area contributed by atoms with Crippen molar-refractivity contribution in [2.24, 2.45) is 0 Å². The van der Waals surface area contributed by atoms with E-state index in [1.165, 1.54) is 7.05 Å². The zero-order valence-corrected chi connectivity index (χ0v) is 16.8. The maximum Gasteiger partial charge on any atom is 1.00 e. The standard InChI is InChI=1S/C10H16NO4PS2.K/c1-3-15-16(12,17)11(2)18(13,14)9-10-7-5-4-6-8-10;/h4-8H,3,9H2,1-2H3,(H,12,17);/q;+1/p-1. The van der Waals surface area contributed by atoms with E-state index in [1.54, 1.807) is 37.3 Å². The summed E-state index contributed by atoms with van der Waals surface area (Å²) >= 11 is 4.71. The van der Waals surface area contributed by atoms with Crippen molar-refractivity contribution in [2.45, 2.75) is 12.7 Å². The third-order valence-electron chi connectivity index (χ3n) is 2.23. The molecule has 1 aromatic rings. The van der Waals surface area contributed by atoms with Gasteiger partial charge in [-0.2, -0.15) is 4.08 Å². The monoisotopic (exact) mass is 347 g/mol. The van der Waals surface area contributed by atoms with E-state index in [0.29, 0.717) is 9.64 Å². The summed E-state index contributed by atoms with van der Waals surface area (Å²) in [7, 11) is -2.57. The molecule has 1 atom stereocenters. The van der Waals surface area contributed by atoms with Crippen LogP contribution in [-0.4, -0.2) is 26.1 Å². The molecule has 102 valence electrons.